The van der Waals surface area contributed by atoms with Crippen LogP contribution in [0.4, 0.5) is 49.1 Å². The smallest absolute Gasteiger partial charge is 0.416 e. The summed E-state index contributed by atoms with van der Waals surface area (Å²) in [5.41, 5.74) is 21.3. The highest BCUT2D eigenvalue weighted by atomic mass is 19.4. The highest BCUT2D eigenvalue weighted by Crippen LogP contribution is 2.36. The number of amides is 2. The number of alkyl halides is 6. The van der Waals surface area contributed by atoms with Crippen LogP contribution in [0.3, 0.4) is 0 Å². The number of carboxylic acid groups (broad SMARTS) is 2. The minimum absolute atomic E-state index is 0.00917. The summed E-state index contributed by atoms with van der Waals surface area (Å²) in [6.45, 7) is 10.4. The van der Waals surface area contributed by atoms with E-state index < -0.39 is 71.4 Å². The summed E-state index contributed by atoms with van der Waals surface area (Å²) in [6.07, 6.45) is -9.34. The van der Waals surface area contributed by atoms with E-state index in [4.69, 9.17) is 41.6 Å². The maximum absolute atomic E-state index is 12.8. The van der Waals surface area contributed by atoms with Crippen LogP contribution >= 0.6 is 0 Å². The van der Waals surface area contributed by atoms with Crippen molar-refractivity contribution in [2.75, 3.05) is 107 Å². The van der Waals surface area contributed by atoms with Gasteiger partial charge in [-0.15, -0.1) is 0 Å². The molecule has 6 aromatic rings. The lowest BCUT2D eigenvalue weighted by atomic mass is 10.1. The molecule has 6 aromatic carbocycles. The topological polar surface area (TPSA) is 360 Å². The Morgan fingerprint density at radius 2 is 1.08 bits per heavy atom. The molecule has 2 amide bonds. The number of rotatable bonds is 14. The second-order valence-electron chi connectivity index (χ2n) is 19.8. The zero-order chi connectivity index (χ0) is 67.7. The van der Waals surface area contributed by atoms with Crippen molar-refractivity contribution in [2.45, 2.75) is 37.9 Å². The van der Waals surface area contributed by atoms with Crippen molar-refractivity contribution in [3.05, 3.63) is 199 Å². The number of carboxylic acids is 2. The Bertz CT molecular complexity index is 3650. The number of benzene rings is 6. The molecule has 4 aliphatic heterocycles. The summed E-state index contributed by atoms with van der Waals surface area (Å²) in [6, 6.07) is 31.6. The lowest BCUT2D eigenvalue weighted by molar-refractivity contribution is -0.138. The first-order valence-corrected chi connectivity index (χ1v) is 27.8. The van der Waals surface area contributed by atoms with Crippen LogP contribution in [0.5, 0.6) is 11.5 Å². The molecular formula is C61H64F6N12O13. The van der Waals surface area contributed by atoms with Gasteiger partial charge in [0.05, 0.1) is 101 Å². The van der Waals surface area contributed by atoms with Crippen LogP contribution in [0, 0.1) is 0 Å². The van der Waals surface area contributed by atoms with Crippen molar-refractivity contribution in [1.29, 1.82) is 0 Å². The Hall–Kier alpha value is -10.4. The summed E-state index contributed by atoms with van der Waals surface area (Å²) in [7, 11) is 3.40. The van der Waals surface area contributed by atoms with E-state index in [2.05, 4.69) is 63.0 Å². The van der Waals surface area contributed by atoms with E-state index in [9.17, 15) is 60.2 Å². The second-order valence-corrected chi connectivity index (χ2v) is 19.8. The van der Waals surface area contributed by atoms with Gasteiger partial charge in [0.2, 0.25) is 0 Å². The average molecular weight is 1290 g/mol. The number of piperazine rings is 2. The highest BCUT2D eigenvalue weighted by molar-refractivity contribution is 6.34. The molecule has 2 fully saturated rings. The Morgan fingerprint density at radius 1 is 0.609 bits per heavy atom. The van der Waals surface area contributed by atoms with Gasteiger partial charge >= 0.3 is 36.2 Å². The predicted molar refractivity (Wildman–Crippen MR) is 325 cm³/mol. The van der Waals surface area contributed by atoms with Gasteiger partial charge < -0.3 is 55.5 Å². The number of β-amino-alcohol motifs (C(OH)–C–C–N with tert-alkyl or cyclic N) is 1. The van der Waals surface area contributed by atoms with E-state index in [0.29, 0.717) is 23.9 Å². The second kappa shape index (κ2) is 34.5. The van der Waals surface area contributed by atoms with Gasteiger partial charge in [-0.3, -0.25) is 14.5 Å². The molecule has 0 bridgehead atoms. The van der Waals surface area contributed by atoms with Gasteiger partial charge in [0, 0.05) is 74.4 Å². The zero-order valence-corrected chi connectivity index (χ0v) is 49.6. The van der Waals surface area contributed by atoms with Crippen LogP contribution < -0.4 is 35.2 Å². The number of aromatic carboxylic acids is 2. The minimum atomic E-state index is -4.62. The number of aliphatic hydroxyl groups is 2. The van der Waals surface area contributed by atoms with E-state index in [1.165, 1.54) is 42.1 Å². The molecule has 4 aliphatic rings. The normalized spacial score (nSPS) is 14.7. The molecule has 7 N–H and O–H groups in total. The molecule has 2 saturated heterocycles. The summed E-state index contributed by atoms with van der Waals surface area (Å²) < 4.78 is 89.2. The van der Waals surface area contributed by atoms with Crippen LogP contribution in [-0.4, -0.2) is 159 Å². The average Bonchev–Trinajstić information content (AvgIpc) is 1.64. The fourth-order valence-corrected chi connectivity index (χ4v) is 8.97. The molecule has 0 aliphatic carbocycles. The Balaban J connectivity index is 0.000000207. The molecule has 25 nitrogen and oxygen atoms in total. The molecule has 10 rings (SSSR count). The molecule has 0 radical (unpaired) electrons. The highest BCUT2D eigenvalue weighted by Gasteiger charge is 2.39. The molecule has 31 heteroatoms. The number of nitrogen functional groups attached to an aromatic ring is 1. The number of nitrogens with zero attached hydrogens (tertiary/aromatic N) is 10. The molecule has 2 unspecified atom stereocenters. The number of para-hydroxylation sites is 4. The van der Waals surface area contributed by atoms with Gasteiger partial charge in [-0.05, 0) is 115 Å². The first-order valence-electron chi connectivity index (χ1n) is 27.8. The number of cyclic esters (lactones) is 2. The first-order chi connectivity index (χ1) is 43.8. The number of methoxy groups -OCH3 is 2. The number of halogens is 6. The number of carbonyl (C=O) groups excluding carboxylic acids is 4. The van der Waals surface area contributed by atoms with E-state index in [0.717, 1.165) is 112 Å². The van der Waals surface area contributed by atoms with Crippen molar-refractivity contribution >= 4 is 58.4 Å². The van der Waals surface area contributed by atoms with Gasteiger partial charge in [0.1, 0.15) is 11.5 Å². The van der Waals surface area contributed by atoms with Crippen LogP contribution in [-0.2, 0) is 17.1 Å². The molecule has 488 valence electrons. The Kier molecular flexibility index (Phi) is 27.1. The van der Waals surface area contributed by atoms with Gasteiger partial charge in [0.25, 0.3) is 11.8 Å². The molecule has 0 saturated carbocycles. The number of aliphatic hydroxyl groups excluding tert-OH is 2. The van der Waals surface area contributed by atoms with Crippen molar-refractivity contribution in [1.82, 2.24) is 10.2 Å². The number of fused-ring (bicyclic) bond motifs is 2. The minimum Gasteiger partial charge on any atom is -0.495 e. The van der Waals surface area contributed by atoms with Crippen LogP contribution in [0.1, 0.15) is 86.6 Å². The molecule has 92 heavy (non-hydrogen) atoms. The number of ether oxygens (including phenoxy) is 3. The summed E-state index contributed by atoms with van der Waals surface area (Å²) in [4.78, 5) is 80.8. The monoisotopic (exact) mass is 1290 g/mol. The van der Waals surface area contributed by atoms with E-state index in [1.807, 2.05) is 37.3 Å². The number of hydrogen-bond donors (Lipinski definition) is 6. The maximum Gasteiger partial charge on any atom is 0.416 e. The summed E-state index contributed by atoms with van der Waals surface area (Å²) >= 11 is 0. The number of carbonyl (C=O) groups is 6. The quantitative estimate of drug-likeness (QED) is 0.00863. The number of nitrogens with one attached hydrogen (secondary N) is 1. The number of nitrogens with two attached hydrogens (primary N) is 1. The Morgan fingerprint density at radius 3 is 1.57 bits per heavy atom. The zero-order valence-electron chi connectivity index (χ0n) is 49.6. The molecule has 2 atom stereocenters. The molecule has 4 heterocycles. The fourth-order valence-electron chi connectivity index (χ4n) is 8.97. The van der Waals surface area contributed by atoms with Crippen LogP contribution in [0.2, 0.25) is 0 Å². The molecular weight excluding hydrogens is 1220 g/mol. The van der Waals surface area contributed by atoms with Gasteiger partial charge in [0.15, 0.2) is 0 Å². The molecule has 0 aromatic heterocycles. The van der Waals surface area contributed by atoms with Crippen molar-refractivity contribution in [2.24, 2.45) is 10.2 Å². The first kappa shape index (κ1) is 72.3. The standard InChI is InChI=1S/C16H8F3NO4.C14H21N5O2.C11H16N2O.C9H4O5.C7H6F3N.C4H9N3O/c17-16(18,19)9-2-1-3-10(7-9)20-13(21)11-5-4-8(15(23)24)6-12(11)14(20)22;1-21-14-5-3-2-4-13(14)19-8-6-18(7-9-19)11-12(20)10-16-17-15;1-14-11-5-3-2-4-10(11)13-8-6-12-7-9-13;10-7(11)4-1-2-5-6(3-4)9(13)14-8(5)12;8-7(9,10)5-2-1-3-6(11)4-5;1-2-4(8)3-6-7-5/h1-7H,(H,23,24);2-5,12,20H,6-11H2,1H3;2-5,12H,6-9H2,1H3;1-3H,(H,10,11);1-4H,11H2;4,8H,2-3H2,1H3. The lowest BCUT2D eigenvalue weighted by Gasteiger charge is -2.37. The van der Waals surface area contributed by atoms with E-state index >= 15 is 0 Å². The number of esters is 2. The van der Waals surface area contributed by atoms with Gasteiger partial charge in [-0.25, -0.2) is 24.1 Å². The molecule has 0 spiro atoms. The maximum atomic E-state index is 12.8. The van der Waals surface area contributed by atoms with Crippen LogP contribution in [0.25, 0.3) is 20.9 Å². The fraction of sp³-hybridized carbons (Fsp3) is 0.311. The summed E-state index contributed by atoms with van der Waals surface area (Å²) in [5, 5.41) is 46.0. The van der Waals surface area contributed by atoms with E-state index in [-0.39, 0.29) is 57.8 Å². The van der Waals surface area contributed by atoms with Crippen molar-refractivity contribution in [3.8, 4) is 11.5 Å². The lowest BCUT2D eigenvalue weighted by Crippen LogP contribution is -2.49. The number of azide groups is 2. The van der Waals surface area contributed by atoms with Crippen molar-refractivity contribution in [3.63, 3.8) is 0 Å². The SMILES string of the molecule is CCC(O)CN=[N+]=[N-].COc1ccccc1N1CCN(CC(O)CN=[N+]=[N-])CC1.COc1ccccc1N1CCNCC1.Nc1cccc(C(F)(F)F)c1.O=C(O)c1ccc2c(c1)C(=O)N(c1cccc(C(F)(F)F)c1)C2=O.O=C(O)c1ccc2c(c1)C(=O)OC2=O. The number of anilines is 4. The summed E-state index contributed by atoms with van der Waals surface area (Å²) in [5.74, 6) is -3.78. The third-order valence-corrected chi connectivity index (χ3v) is 13.7. The number of hydrogen-bond acceptors (Lipinski definition) is 18. The van der Waals surface area contributed by atoms with Crippen molar-refractivity contribution < 1.29 is 89.7 Å². The Labute approximate surface area is 522 Å². The third kappa shape index (κ3) is 20.8. The largest absolute Gasteiger partial charge is 0.495 e. The van der Waals surface area contributed by atoms with Crippen LogP contribution in [0.15, 0.2) is 144 Å². The van der Waals surface area contributed by atoms with Gasteiger partial charge in [-0.1, -0.05) is 53.6 Å². The number of imide groups is 1. The van der Waals surface area contributed by atoms with Gasteiger partial charge in [-0.2, -0.15) is 26.3 Å². The predicted octanol–water partition coefficient (Wildman–Crippen LogP) is 9.85. The third-order valence-electron chi connectivity index (χ3n) is 13.7. The van der Waals surface area contributed by atoms with E-state index in [1.54, 1.807) is 14.2 Å².